The highest BCUT2D eigenvalue weighted by molar-refractivity contribution is 5.78. The molecule has 6 nitrogen and oxygen atoms in total. The van der Waals surface area contributed by atoms with Gasteiger partial charge in [0.2, 0.25) is 5.91 Å². The predicted octanol–water partition coefficient (Wildman–Crippen LogP) is 1.44. The fourth-order valence-corrected chi connectivity index (χ4v) is 2.47. The third-order valence-electron chi connectivity index (χ3n) is 3.65. The number of carbonyl (C=O) groups is 2. The lowest BCUT2D eigenvalue weighted by molar-refractivity contribution is -0.130. The molecule has 21 heavy (non-hydrogen) atoms. The summed E-state index contributed by atoms with van der Waals surface area (Å²) in [6, 6.07) is 0. The van der Waals surface area contributed by atoms with Crippen molar-refractivity contribution in [2.24, 2.45) is 11.7 Å². The van der Waals surface area contributed by atoms with Crippen molar-refractivity contribution in [2.45, 2.75) is 46.1 Å². The number of nitrogens with two attached hydrogens (primary N) is 1. The summed E-state index contributed by atoms with van der Waals surface area (Å²) in [5.41, 5.74) is 4.96. The molecule has 0 aromatic heterocycles. The van der Waals surface area contributed by atoms with E-state index in [9.17, 15) is 9.59 Å². The molecule has 1 heterocycles. The first-order chi connectivity index (χ1) is 9.76. The molecular formula is C15H29N3O3. The Hall–Kier alpha value is -1.30. The van der Waals surface area contributed by atoms with Crippen LogP contribution in [0.2, 0.25) is 0 Å². The molecule has 1 rings (SSSR count). The van der Waals surface area contributed by atoms with Gasteiger partial charge in [0.1, 0.15) is 5.60 Å². The average Bonchev–Trinajstić information content (AvgIpc) is 2.42. The van der Waals surface area contributed by atoms with Gasteiger partial charge in [0.05, 0.1) is 6.54 Å². The number of amides is 2. The summed E-state index contributed by atoms with van der Waals surface area (Å²) in [6.45, 7) is 10.4. The molecule has 1 saturated heterocycles. The summed E-state index contributed by atoms with van der Waals surface area (Å²) in [5, 5.41) is 0. The van der Waals surface area contributed by atoms with Gasteiger partial charge in [-0.2, -0.15) is 0 Å². The summed E-state index contributed by atoms with van der Waals surface area (Å²) in [5.74, 6) is 0.422. The molecule has 0 aromatic carbocycles. The summed E-state index contributed by atoms with van der Waals surface area (Å²) < 4.78 is 5.38. The van der Waals surface area contributed by atoms with E-state index in [0.717, 1.165) is 19.4 Å². The van der Waals surface area contributed by atoms with Gasteiger partial charge >= 0.3 is 6.09 Å². The van der Waals surface area contributed by atoms with Crippen molar-refractivity contribution in [1.82, 2.24) is 9.80 Å². The molecule has 0 saturated carbocycles. The van der Waals surface area contributed by atoms with Crippen LogP contribution in [0, 0.1) is 5.92 Å². The molecule has 122 valence electrons. The highest BCUT2D eigenvalue weighted by Gasteiger charge is 2.28. The van der Waals surface area contributed by atoms with E-state index >= 15 is 0 Å². The Morgan fingerprint density at radius 2 is 1.86 bits per heavy atom. The van der Waals surface area contributed by atoms with Crippen LogP contribution in [-0.2, 0) is 9.53 Å². The standard InChI is InChI=1S/C15H29N3O3/c1-5-17(13(19)10-16)11-12-6-8-18(9-7-12)14(20)21-15(2,3)4/h12H,5-11,16H2,1-4H3. The van der Waals surface area contributed by atoms with Gasteiger partial charge in [-0.3, -0.25) is 4.79 Å². The molecule has 0 aliphatic carbocycles. The first-order valence-electron chi connectivity index (χ1n) is 7.72. The third kappa shape index (κ3) is 5.91. The van der Waals surface area contributed by atoms with E-state index in [4.69, 9.17) is 10.5 Å². The van der Waals surface area contributed by atoms with Crippen LogP contribution in [-0.4, -0.2) is 60.1 Å². The molecule has 0 bridgehead atoms. The van der Waals surface area contributed by atoms with Gasteiger partial charge in [-0.25, -0.2) is 4.79 Å². The number of hydrogen-bond acceptors (Lipinski definition) is 4. The molecule has 0 aromatic rings. The molecule has 0 radical (unpaired) electrons. The van der Waals surface area contributed by atoms with E-state index in [0.29, 0.717) is 25.6 Å². The lowest BCUT2D eigenvalue weighted by Gasteiger charge is -2.35. The van der Waals surface area contributed by atoms with E-state index in [2.05, 4.69) is 0 Å². The zero-order valence-electron chi connectivity index (χ0n) is 13.7. The van der Waals surface area contributed by atoms with Crippen LogP contribution < -0.4 is 5.73 Å². The van der Waals surface area contributed by atoms with Crippen LogP contribution in [0.25, 0.3) is 0 Å². The Kier molecular flexibility index (Phi) is 6.45. The number of rotatable bonds is 4. The molecule has 2 N–H and O–H groups in total. The molecule has 0 atom stereocenters. The molecular weight excluding hydrogens is 270 g/mol. The molecule has 2 amide bonds. The smallest absolute Gasteiger partial charge is 0.410 e. The third-order valence-corrected chi connectivity index (χ3v) is 3.65. The van der Waals surface area contributed by atoms with Crippen molar-refractivity contribution in [3.8, 4) is 0 Å². The minimum absolute atomic E-state index is 0.00734. The summed E-state index contributed by atoms with van der Waals surface area (Å²) in [4.78, 5) is 27.2. The zero-order valence-corrected chi connectivity index (χ0v) is 13.7. The maximum Gasteiger partial charge on any atom is 0.410 e. The van der Waals surface area contributed by atoms with Crippen LogP contribution in [0.15, 0.2) is 0 Å². The number of piperidine rings is 1. The van der Waals surface area contributed by atoms with Crippen molar-refractivity contribution in [2.75, 3.05) is 32.7 Å². The topological polar surface area (TPSA) is 75.9 Å². The minimum Gasteiger partial charge on any atom is -0.444 e. The monoisotopic (exact) mass is 299 g/mol. The Morgan fingerprint density at radius 1 is 1.29 bits per heavy atom. The van der Waals surface area contributed by atoms with E-state index in [-0.39, 0.29) is 18.5 Å². The molecule has 0 spiro atoms. The molecule has 1 aliphatic rings. The quantitative estimate of drug-likeness (QED) is 0.852. The maximum absolute atomic E-state index is 12.0. The Morgan fingerprint density at radius 3 is 2.29 bits per heavy atom. The van der Waals surface area contributed by atoms with Crippen molar-refractivity contribution >= 4 is 12.0 Å². The van der Waals surface area contributed by atoms with Crippen LogP contribution in [0.3, 0.4) is 0 Å². The summed E-state index contributed by atoms with van der Waals surface area (Å²) in [7, 11) is 0. The maximum atomic E-state index is 12.0. The zero-order chi connectivity index (χ0) is 16.0. The molecule has 1 aliphatic heterocycles. The first kappa shape index (κ1) is 17.8. The van der Waals surface area contributed by atoms with Crippen molar-refractivity contribution < 1.29 is 14.3 Å². The number of nitrogens with zero attached hydrogens (tertiary/aromatic N) is 2. The highest BCUT2D eigenvalue weighted by atomic mass is 16.6. The van der Waals surface area contributed by atoms with E-state index in [1.807, 2.05) is 27.7 Å². The van der Waals surface area contributed by atoms with E-state index < -0.39 is 5.60 Å². The van der Waals surface area contributed by atoms with Gasteiger partial charge in [0.15, 0.2) is 0 Å². The Balaban J connectivity index is 2.41. The second-order valence-electron chi connectivity index (χ2n) is 6.55. The number of likely N-dealkylation sites (N-methyl/N-ethyl adjacent to an activating group) is 1. The normalized spacial score (nSPS) is 16.7. The summed E-state index contributed by atoms with van der Waals surface area (Å²) >= 11 is 0. The average molecular weight is 299 g/mol. The second-order valence-corrected chi connectivity index (χ2v) is 6.55. The van der Waals surface area contributed by atoms with Crippen LogP contribution in [0.1, 0.15) is 40.5 Å². The lowest BCUT2D eigenvalue weighted by Crippen LogP contribution is -2.45. The van der Waals surface area contributed by atoms with Crippen molar-refractivity contribution in [3.63, 3.8) is 0 Å². The van der Waals surface area contributed by atoms with E-state index in [1.165, 1.54) is 0 Å². The van der Waals surface area contributed by atoms with E-state index in [1.54, 1.807) is 9.80 Å². The van der Waals surface area contributed by atoms with Gasteiger partial charge < -0.3 is 20.3 Å². The first-order valence-corrected chi connectivity index (χ1v) is 7.72. The Bertz CT molecular complexity index is 358. The van der Waals surface area contributed by atoms with Gasteiger partial charge in [0, 0.05) is 26.2 Å². The van der Waals surface area contributed by atoms with Gasteiger partial charge in [-0.05, 0) is 46.5 Å². The van der Waals surface area contributed by atoms with Crippen molar-refractivity contribution in [1.29, 1.82) is 0 Å². The molecule has 6 heteroatoms. The number of carbonyl (C=O) groups excluding carboxylic acids is 2. The summed E-state index contributed by atoms with van der Waals surface area (Å²) in [6.07, 6.45) is 1.55. The van der Waals surface area contributed by atoms with Crippen LogP contribution in [0.4, 0.5) is 4.79 Å². The van der Waals surface area contributed by atoms with Gasteiger partial charge in [0.25, 0.3) is 0 Å². The minimum atomic E-state index is -0.458. The fourth-order valence-electron chi connectivity index (χ4n) is 2.47. The number of likely N-dealkylation sites (tertiary alicyclic amines) is 1. The largest absolute Gasteiger partial charge is 0.444 e. The predicted molar refractivity (Wildman–Crippen MR) is 81.8 cm³/mol. The van der Waals surface area contributed by atoms with Crippen LogP contribution >= 0.6 is 0 Å². The molecule has 0 unspecified atom stereocenters. The van der Waals surface area contributed by atoms with Crippen molar-refractivity contribution in [3.05, 3.63) is 0 Å². The highest BCUT2D eigenvalue weighted by Crippen LogP contribution is 2.20. The second kappa shape index (κ2) is 7.64. The Labute approximate surface area is 127 Å². The number of ether oxygens (including phenoxy) is 1. The fraction of sp³-hybridized carbons (Fsp3) is 0.867. The van der Waals surface area contributed by atoms with Crippen LogP contribution in [0.5, 0.6) is 0 Å². The molecule has 1 fully saturated rings. The SMILES string of the molecule is CCN(CC1CCN(C(=O)OC(C)(C)C)CC1)C(=O)CN. The van der Waals surface area contributed by atoms with Gasteiger partial charge in [-0.1, -0.05) is 0 Å². The lowest BCUT2D eigenvalue weighted by atomic mass is 9.96. The number of hydrogen-bond donors (Lipinski definition) is 1. The van der Waals surface area contributed by atoms with Gasteiger partial charge in [-0.15, -0.1) is 0 Å².